The topological polar surface area (TPSA) is 47.6 Å². The molecule has 122 valence electrons. The molecule has 4 nitrogen and oxygen atoms in total. The number of aryl methyl sites for hydroxylation is 2. The fourth-order valence-electron chi connectivity index (χ4n) is 2.29. The molecule has 2 rings (SSSR count). The molecule has 0 fully saturated rings. The van der Waals surface area contributed by atoms with E-state index in [-0.39, 0.29) is 5.91 Å². The van der Waals surface area contributed by atoms with E-state index in [4.69, 9.17) is 9.47 Å². The lowest BCUT2D eigenvalue weighted by molar-refractivity contribution is -0.127. The van der Waals surface area contributed by atoms with Gasteiger partial charge in [-0.05, 0) is 50.1 Å². The molecule has 23 heavy (non-hydrogen) atoms. The molecule has 2 aromatic rings. The van der Waals surface area contributed by atoms with Gasteiger partial charge in [-0.3, -0.25) is 4.79 Å². The van der Waals surface area contributed by atoms with Crippen LogP contribution in [-0.4, -0.2) is 19.1 Å². The summed E-state index contributed by atoms with van der Waals surface area (Å²) in [6, 6.07) is 13.5. The minimum Gasteiger partial charge on any atom is -0.497 e. The van der Waals surface area contributed by atoms with E-state index in [0.717, 1.165) is 22.6 Å². The Morgan fingerprint density at radius 1 is 1.17 bits per heavy atom. The van der Waals surface area contributed by atoms with Crippen molar-refractivity contribution in [3.8, 4) is 11.5 Å². The number of amides is 1. The molecule has 1 amide bonds. The average molecular weight is 313 g/mol. The normalized spacial score (nSPS) is 11.7. The van der Waals surface area contributed by atoms with Crippen molar-refractivity contribution in [2.75, 3.05) is 7.11 Å². The van der Waals surface area contributed by atoms with E-state index >= 15 is 0 Å². The smallest absolute Gasteiger partial charge is 0.261 e. The number of ether oxygens (including phenoxy) is 2. The summed E-state index contributed by atoms with van der Waals surface area (Å²) >= 11 is 0. The van der Waals surface area contributed by atoms with Crippen LogP contribution in [0.2, 0.25) is 0 Å². The molecular formula is C19H23NO3. The molecule has 0 aliphatic carbocycles. The first-order chi connectivity index (χ1) is 11.0. The third-order valence-electron chi connectivity index (χ3n) is 3.60. The number of benzene rings is 2. The first-order valence-corrected chi connectivity index (χ1v) is 7.64. The van der Waals surface area contributed by atoms with E-state index < -0.39 is 6.10 Å². The maximum atomic E-state index is 12.2. The summed E-state index contributed by atoms with van der Waals surface area (Å²) in [5, 5.41) is 2.88. The van der Waals surface area contributed by atoms with E-state index in [1.54, 1.807) is 14.0 Å². The van der Waals surface area contributed by atoms with Crippen molar-refractivity contribution in [1.82, 2.24) is 5.32 Å². The van der Waals surface area contributed by atoms with Crippen molar-refractivity contribution in [1.29, 1.82) is 0 Å². The average Bonchev–Trinajstić information content (AvgIpc) is 2.55. The molecule has 1 unspecified atom stereocenters. The van der Waals surface area contributed by atoms with Crippen molar-refractivity contribution >= 4 is 5.91 Å². The zero-order valence-corrected chi connectivity index (χ0v) is 14.1. The molecule has 0 aliphatic heterocycles. The molecule has 0 saturated heterocycles. The van der Waals surface area contributed by atoms with Crippen molar-refractivity contribution in [2.45, 2.75) is 33.4 Å². The van der Waals surface area contributed by atoms with Crippen molar-refractivity contribution in [3.05, 3.63) is 59.2 Å². The summed E-state index contributed by atoms with van der Waals surface area (Å²) in [7, 11) is 1.62. The zero-order chi connectivity index (χ0) is 16.8. The largest absolute Gasteiger partial charge is 0.497 e. The fraction of sp³-hybridized carbons (Fsp3) is 0.316. The Hall–Kier alpha value is -2.49. The SMILES string of the molecule is COc1cccc(CNC(=O)C(C)Oc2ccc(C)cc2C)c1. The first kappa shape index (κ1) is 16.9. The Morgan fingerprint density at radius 2 is 1.96 bits per heavy atom. The molecule has 0 bridgehead atoms. The fourth-order valence-corrected chi connectivity index (χ4v) is 2.29. The van der Waals surface area contributed by atoms with E-state index in [1.165, 1.54) is 5.56 Å². The highest BCUT2D eigenvalue weighted by Crippen LogP contribution is 2.20. The van der Waals surface area contributed by atoms with Crippen LogP contribution >= 0.6 is 0 Å². The van der Waals surface area contributed by atoms with Crippen molar-refractivity contribution < 1.29 is 14.3 Å². The van der Waals surface area contributed by atoms with Gasteiger partial charge in [-0.1, -0.05) is 29.8 Å². The second-order valence-corrected chi connectivity index (χ2v) is 5.60. The van der Waals surface area contributed by atoms with Gasteiger partial charge in [0.05, 0.1) is 7.11 Å². The predicted octanol–water partition coefficient (Wildman–Crippen LogP) is 3.40. The summed E-state index contributed by atoms with van der Waals surface area (Å²) in [6.45, 7) is 6.20. The Morgan fingerprint density at radius 3 is 2.65 bits per heavy atom. The molecule has 1 N–H and O–H groups in total. The Kier molecular flexibility index (Phi) is 5.63. The number of nitrogens with one attached hydrogen (secondary N) is 1. The van der Waals surface area contributed by atoms with Gasteiger partial charge in [0.1, 0.15) is 11.5 Å². The predicted molar refractivity (Wildman–Crippen MR) is 90.8 cm³/mol. The highest BCUT2D eigenvalue weighted by atomic mass is 16.5. The molecule has 1 atom stereocenters. The molecule has 2 aromatic carbocycles. The number of methoxy groups -OCH3 is 1. The van der Waals surface area contributed by atoms with Crippen LogP contribution in [0.5, 0.6) is 11.5 Å². The summed E-state index contributed by atoms with van der Waals surface area (Å²) in [5.74, 6) is 1.36. The van der Waals surface area contributed by atoms with Crippen LogP contribution in [0.4, 0.5) is 0 Å². The van der Waals surface area contributed by atoms with E-state index in [2.05, 4.69) is 5.32 Å². The second-order valence-electron chi connectivity index (χ2n) is 5.60. The van der Waals surface area contributed by atoms with Gasteiger partial charge in [0.2, 0.25) is 0 Å². The number of carbonyl (C=O) groups is 1. The molecule has 4 heteroatoms. The van der Waals surface area contributed by atoms with E-state index in [9.17, 15) is 4.79 Å². The maximum absolute atomic E-state index is 12.2. The zero-order valence-electron chi connectivity index (χ0n) is 14.1. The van der Waals surface area contributed by atoms with Crippen molar-refractivity contribution in [3.63, 3.8) is 0 Å². The standard InChI is InChI=1S/C19H23NO3/c1-13-8-9-18(14(2)10-13)23-15(3)19(21)20-12-16-6-5-7-17(11-16)22-4/h5-11,15H,12H2,1-4H3,(H,20,21). The summed E-state index contributed by atoms with van der Waals surface area (Å²) in [5.41, 5.74) is 3.18. The van der Waals surface area contributed by atoms with Gasteiger partial charge in [-0.15, -0.1) is 0 Å². The van der Waals surface area contributed by atoms with E-state index in [1.807, 2.05) is 56.3 Å². The lowest BCUT2D eigenvalue weighted by Crippen LogP contribution is -2.36. The lowest BCUT2D eigenvalue weighted by atomic mass is 10.1. The Balaban J connectivity index is 1.92. The summed E-state index contributed by atoms with van der Waals surface area (Å²) in [4.78, 5) is 12.2. The highest BCUT2D eigenvalue weighted by Gasteiger charge is 2.15. The Bertz CT molecular complexity index is 682. The second kappa shape index (κ2) is 7.68. The number of carbonyl (C=O) groups excluding carboxylic acids is 1. The van der Waals surface area contributed by atoms with Gasteiger partial charge in [-0.25, -0.2) is 0 Å². The molecule has 0 heterocycles. The summed E-state index contributed by atoms with van der Waals surface area (Å²) in [6.07, 6.45) is -0.554. The third-order valence-corrected chi connectivity index (χ3v) is 3.60. The van der Waals surface area contributed by atoms with Gasteiger partial charge in [0, 0.05) is 6.54 Å². The lowest BCUT2D eigenvalue weighted by Gasteiger charge is -2.16. The number of hydrogen-bond acceptors (Lipinski definition) is 3. The van der Waals surface area contributed by atoms with Gasteiger partial charge in [0.25, 0.3) is 5.91 Å². The number of hydrogen-bond donors (Lipinski definition) is 1. The minimum atomic E-state index is -0.554. The molecular weight excluding hydrogens is 290 g/mol. The van der Waals surface area contributed by atoms with Gasteiger partial charge < -0.3 is 14.8 Å². The monoisotopic (exact) mass is 313 g/mol. The molecule has 0 aromatic heterocycles. The van der Waals surface area contributed by atoms with Gasteiger partial charge >= 0.3 is 0 Å². The van der Waals surface area contributed by atoms with Gasteiger partial charge in [0.15, 0.2) is 6.10 Å². The Labute approximate surface area is 137 Å². The van der Waals surface area contributed by atoms with Crippen LogP contribution in [0.25, 0.3) is 0 Å². The first-order valence-electron chi connectivity index (χ1n) is 7.64. The molecule has 0 spiro atoms. The maximum Gasteiger partial charge on any atom is 0.261 e. The molecule has 0 radical (unpaired) electrons. The minimum absolute atomic E-state index is 0.146. The van der Waals surface area contributed by atoms with Crippen LogP contribution in [-0.2, 0) is 11.3 Å². The van der Waals surface area contributed by atoms with E-state index in [0.29, 0.717) is 6.54 Å². The molecule has 0 aliphatic rings. The van der Waals surface area contributed by atoms with Crippen LogP contribution in [0.1, 0.15) is 23.6 Å². The highest BCUT2D eigenvalue weighted by molar-refractivity contribution is 5.80. The van der Waals surface area contributed by atoms with Crippen LogP contribution in [0.15, 0.2) is 42.5 Å². The quantitative estimate of drug-likeness (QED) is 0.889. The van der Waals surface area contributed by atoms with Crippen LogP contribution < -0.4 is 14.8 Å². The van der Waals surface area contributed by atoms with Crippen molar-refractivity contribution in [2.24, 2.45) is 0 Å². The van der Waals surface area contributed by atoms with Crippen LogP contribution in [0.3, 0.4) is 0 Å². The number of rotatable bonds is 6. The van der Waals surface area contributed by atoms with Crippen LogP contribution in [0, 0.1) is 13.8 Å². The summed E-state index contributed by atoms with van der Waals surface area (Å²) < 4.78 is 10.9. The molecule has 0 saturated carbocycles. The third kappa shape index (κ3) is 4.74. The van der Waals surface area contributed by atoms with Gasteiger partial charge in [-0.2, -0.15) is 0 Å².